The molecule has 0 aromatic rings. The first-order valence-electron chi connectivity index (χ1n) is 7.42. The minimum Gasteiger partial charge on any atom is -0.458 e. The van der Waals surface area contributed by atoms with Crippen LogP contribution in [0.2, 0.25) is 0 Å². The van der Waals surface area contributed by atoms with Gasteiger partial charge in [0.1, 0.15) is 5.60 Å². The molecule has 1 heterocycles. The van der Waals surface area contributed by atoms with Gasteiger partial charge < -0.3 is 20.3 Å². The maximum atomic E-state index is 12.1. The molecule has 1 aliphatic heterocycles. The molecule has 21 heavy (non-hydrogen) atoms. The summed E-state index contributed by atoms with van der Waals surface area (Å²) in [6, 6.07) is -0.667. The molecule has 6 heteroatoms. The number of nitrogens with one attached hydrogen (secondary N) is 1. The molecule has 0 aromatic carbocycles. The lowest BCUT2D eigenvalue weighted by atomic mass is 9.77. The quantitative estimate of drug-likeness (QED) is 0.478. The SMILES string of the molecule is C[C@]1(OC=O)[C@@H](CCO)C(=O)N[C@H]1[C@@H](O)[C@@H]1C=CCCC1. The number of carbonyl (C=O) groups excluding carboxylic acids is 2. The average molecular weight is 297 g/mol. The Hall–Kier alpha value is -1.40. The van der Waals surface area contributed by atoms with E-state index in [1.807, 2.05) is 12.2 Å². The highest BCUT2D eigenvalue weighted by atomic mass is 16.5. The number of aliphatic hydroxyl groups is 2. The van der Waals surface area contributed by atoms with Gasteiger partial charge in [0.2, 0.25) is 5.91 Å². The van der Waals surface area contributed by atoms with Gasteiger partial charge in [0, 0.05) is 12.5 Å². The summed E-state index contributed by atoms with van der Waals surface area (Å²) in [5.41, 5.74) is -1.15. The van der Waals surface area contributed by atoms with E-state index in [1.165, 1.54) is 0 Å². The van der Waals surface area contributed by atoms with E-state index in [1.54, 1.807) is 6.92 Å². The van der Waals surface area contributed by atoms with Crippen LogP contribution in [0.4, 0.5) is 0 Å². The number of hydrogen-bond acceptors (Lipinski definition) is 5. The molecule has 0 unspecified atom stereocenters. The third kappa shape index (κ3) is 2.96. The summed E-state index contributed by atoms with van der Waals surface area (Å²) >= 11 is 0. The molecule has 1 aliphatic carbocycles. The Morgan fingerprint density at radius 1 is 1.62 bits per heavy atom. The molecule has 0 bridgehead atoms. The van der Waals surface area contributed by atoms with Gasteiger partial charge in [-0.2, -0.15) is 0 Å². The van der Waals surface area contributed by atoms with Crippen LogP contribution in [0.25, 0.3) is 0 Å². The fraction of sp³-hybridized carbons (Fsp3) is 0.733. The van der Waals surface area contributed by atoms with Crippen LogP contribution in [0, 0.1) is 11.8 Å². The maximum Gasteiger partial charge on any atom is 0.293 e. The van der Waals surface area contributed by atoms with Crippen molar-refractivity contribution in [2.75, 3.05) is 6.61 Å². The topological polar surface area (TPSA) is 95.9 Å². The number of ether oxygens (including phenoxy) is 1. The van der Waals surface area contributed by atoms with E-state index in [9.17, 15) is 14.7 Å². The minimum atomic E-state index is -1.15. The Morgan fingerprint density at radius 2 is 2.38 bits per heavy atom. The molecule has 0 spiro atoms. The zero-order valence-electron chi connectivity index (χ0n) is 12.2. The Bertz CT molecular complexity index is 424. The molecule has 2 aliphatic rings. The van der Waals surface area contributed by atoms with Crippen LogP contribution < -0.4 is 5.32 Å². The average Bonchev–Trinajstić information content (AvgIpc) is 2.73. The van der Waals surface area contributed by atoms with E-state index in [2.05, 4.69) is 5.32 Å². The molecule has 0 radical (unpaired) electrons. The van der Waals surface area contributed by atoms with Gasteiger partial charge in [-0.3, -0.25) is 9.59 Å². The smallest absolute Gasteiger partial charge is 0.293 e. The number of rotatable bonds is 6. The highest BCUT2D eigenvalue weighted by Crippen LogP contribution is 2.38. The summed E-state index contributed by atoms with van der Waals surface area (Å²) in [7, 11) is 0. The fourth-order valence-corrected chi connectivity index (χ4v) is 3.47. The van der Waals surface area contributed by atoms with Gasteiger partial charge in [-0.25, -0.2) is 0 Å². The Balaban J connectivity index is 2.23. The van der Waals surface area contributed by atoms with E-state index in [0.29, 0.717) is 6.47 Å². The first-order chi connectivity index (χ1) is 10.0. The number of amides is 1. The lowest BCUT2D eigenvalue weighted by molar-refractivity contribution is -0.153. The molecule has 0 saturated carbocycles. The van der Waals surface area contributed by atoms with E-state index in [-0.39, 0.29) is 24.9 Å². The third-order valence-electron chi connectivity index (χ3n) is 4.72. The van der Waals surface area contributed by atoms with Gasteiger partial charge in [-0.15, -0.1) is 0 Å². The van der Waals surface area contributed by atoms with E-state index >= 15 is 0 Å². The first kappa shape index (κ1) is 16.0. The molecule has 0 aromatic heterocycles. The van der Waals surface area contributed by atoms with Gasteiger partial charge in [0.15, 0.2) is 0 Å². The maximum absolute atomic E-state index is 12.1. The molecule has 1 amide bonds. The second kappa shape index (κ2) is 6.58. The van der Waals surface area contributed by atoms with Crippen molar-refractivity contribution in [2.45, 2.75) is 50.4 Å². The summed E-state index contributed by atoms with van der Waals surface area (Å²) < 4.78 is 5.19. The zero-order valence-corrected chi connectivity index (χ0v) is 12.2. The van der Waals surface area contributed by atoms with Crippen LogP contribution in [-0.4, -0.2) is 46.9 Å². The molecule has 3 N–H and O–H groups in total. The van der Waals surface area contributed by atoms with Gasteiger partial charge in [0.25, 0.3) is 6.47 Å². The second-order valence-electron chi connectivity index (χ2n) is 5.96. The van der Waals surface area contributed by atoms with Crippen molar-refractivity contribution in [3.05, 3.63) is 12.2 Å². The number of carbonyl (C=O) groups is 2. The van der Waals surface area contributed by atoms with Gasteiger partial charge in [-0.05, 0) is 32.6 Å². The van der Waals surface area contributed by atoms with Crippen LogP contribution in [0.3, 0.4) is 0 Å². The van der Waals surface area contributed by atoms with Crippen molar-refractivity contribution < 1.29 is 24.5 Å². The van der Waals surface area contributed by atoms with Gasteiger partial charge in [-0.1, -0.05) is 12.2 Å². The van der Waals surface area contributed by atoms with E-state index in [4.69, 9.17) is 9.84 Å². The summed E-state index contributed by atoms with van der Waals surface area (Å²) in [6.07, 6.45) is 6.18. The molecular formula is C15H23NO5. The molecule has 1 fully saturated rings. The van der Waals surface area contributed by atoms with Gasteiger partial charge in [0.05, 0.1) is 18.1 Å². The highest BCUT2D eigenvalue weighted by molar-refractivity contribution is 5.84. The van der Waals surface area contributed by atoms with Crippen molar-refractivity contribution >= 4 is 12.4 Å². The predicted molar refractivity (Wildman–Crippen MR) is 75.2 cm³/mol. The van der Waals surface area contributed by atoms with Crippen LogP contribution in [-0.2, 0) is 14.3 Å². The summed E-state index contributed by atoms with van der Waals surface area (Å²) in [5, 5.41) is 22.5. The van der Waals surface area contributed by atoms with Crippen LogP contribution in [0.1, 0.15) is 32.6 Å². The number of allylic oxidation sites excluding steroid dienone is 1. The molecule has 5 atom stereocenters. The van der Waals surface area contributed by atoms with Crippen LogP contribution in [0.15, 0.2) is 12.2 Å². The van der Waals surface area contributed by atoms with Crippen molar-refractivity contribution in [2.24, 2.45) is 11.8 Å². The lowest BCUT2D eigenvalue weighted by Gasteiger charge is -2.37. The molecule has 1 saturated heterocycles. The molecular weight excluding hydrogens is 274 g/mol. The summed E-state index contributed by atoms with van der Waals surface area (Å²) in [6.45, 7) is 1.77. The van der Waals surface area contributed by atoms with Gasteiger partial charge >= 0.3 is 0 Å². The summed E-state index contributed by atoms with van der Waals surface area (Å²) in [5.74, 6) is -1.01. The fourth-order valence-electron chi connectivity index (χ4n) is 3.47. The number of aliphatic hydroxyl groups excluding tert-OH is 2. The van der Waals surface area contributed by atoms with Crippen molar-refractivity contribution in [1.29, 1.82) is 0 Å². The largest absolute Gasteiger partial charge is 0.458 e. The second-order valence-corrected chi connectivity index (χ2v) is 5.96. The third-order valence-corrected chi connectivity index (χ3v) is 4.72. The highest BCUT2D eigenvalue weighted by Gasteiger charge is 2.56. The van der Waals surface area contributed by atoms with Crippen molar-refractivity contribution in [3.8, 4) is 0 Å². The van der Waals surface area contributed by atoms with Crippen molar-refractivity contribution in [1.82, 2.24) is 5.32 Å². The minimum absolute atomic E-state index is 0.0634. The van der Waals surface area contributed by atoms with Crippen LogP contribution in [0.5, 0.6) is 0 Å². The summed E-state index contributed by atoms with van der Waals surface area (Å²) in [4.78, 5) is 23.0. The Kier molecular flexibility index (Phi) is 5.00. The lowest BCUT2D eigenvalue weighted by Crippen LogP contribution is -2.54. The van der Waals surface area contributed by atoms with E-state index in [0.717, 1.165) is 19.3 Å². The normalized spacial score (nSPS) is 37.1. The van der Waals surface area contributed by atoms with E-state index < -0.39 is 23.7 Å². The Labute approximate surface area is 124 Å². The monoisotopic (exact) mass is 297 g/mol. The van der Waals surface area contributed by atoms with Crippen LogP contribution >= 0.6 is 0 Å². The number of hydrogen-bond donors (Lipinski definition) is 3. The molecule has 6 nitrogen and oxygen atoms in total. The molecule has 118 valence electrons. The molecule has 2 rings (SSSR count). The standard InChI is InChI=1S/C15H23NO5/c1-15(21-9-18)11(7-8-17)14(20)16-13(15)12(19)10-5-3-2-4-6-10/h3,5,9-13,17,19H,2,4,6-8H2,1H3,(H,16,20)/t10-,11+,12+,13+,15+/m1/s1. The first-order valence-corrected chi connectivity index (χ1v) is 7.42. The zero-order chi connectivity index (χ0) is 15.5. The predicted octanol–water partition coefficient (Wildman–Crippen LogP) is 0.132. The Morgan fingerprint density at radius 3 is 2.95 bits per heavy atom. The van der Waals surface area contributed by atoms with Crippen molar-refractivity contribution in [3.63, 3.8) is 0 Å².